The van der Waals surface area contributed by atoms with Gasteiger partial charge in [-0.25, -0.2) is 5.43 Å². The molecule has 0 spiro atoms. The lowest BCUT2D eigenvalue weighted by atomic mass is 10.1. The summed E-state index contributed by atoms with van der Waals surface area (Å²) in [7, 11) is 0. The highest BCUT2D eigenvalue weighted by atomic mass is 16.3. The molecule has 7 heteroatoms. The first-order valence-electron chi connectivity index (χ1n) is 8.01. The van der Waals surface area contributed by atoms with Crippen molar-refractivity contribution in [3.63, 3.8) is 0 Å². The van der Waals surface area contributed by atoms with Gasteiger partial charge in [-0.15, -0.1) is 0 Å². The van der Waals surface area contributed by atoms with Gasteiger partial charge in [0.2, 0.25) is 0 Å². The van der Waals surface area contributed by atoms with E-state index in [0.717, 1.165) is 22.2 Å². The molecule has 0 aliphatic heterocycles. The first-order valence-corrected chi connectivity index (χ1v) is 8.01. The molecule has 3 rings (SSSR count). The molecular formula is C19H18N4O3. The minimum absolute atomic E-state index is 0.109. The quantitative estimate of drug-likeness (QED) is 0.418. The SMILES string of the molecule is Cc1[nH]c2ccccc2c1/C=N\NC(=O)CNC(=O)c1ccccc1O. The van der Waals surface area contributed by atoms with E-state index in [4.69, 9.17) is 0 Å². The molecule has 132 valence electrons. The lowest BCUT2D eigenvalue weighted by molar-refractivity contribution is -0.120. The van der Waals surface area contributed by atoms with Crippen LogP contribution in [0.1, 0.15) is 21.6 Å². The molecule has 1 heterocycles. The van der Waals surface area contributed by atoms with Crippen LogP contribution in [-0.4, -0.2) is 34.7 Å². The van der Waals surface area contributed by atoms with Crippen LogP contribution in [0.15, 0.2) is 53.6 Å². The van der Waals surface area contributed by atoms with Crippen LogP contribution in [0.3, 0.4) is 0 Å². The second-order valence-corrected chi connectivity index (χ2v) is 5.70. The Morgan fingerprint density at radius 2 is 1.88 bits per heavy atom. The molecule has 0 saturated heterocycles. The zero-order chi connectivity index (χ0) is 18.5. The summed E-state index contributed by atoms with van der Waals surface area (Å²) in [5.41, 5.74) is 5.31. The number of nitrogens with zero attached hydrogens (tertiary/aromatic N) is 1. The normalized spacial score (nSPS) is 11.0. The zero-order valence-electron chi connectivity index (χ0n) is 14.1. The van der Waals surface area contributed by atoms with Crippen molar-refractivity contribution in [1.82, 2.24) is 15.7 Å². The van der Waals surface area contributed by atoms with E-state index >= 15 is 0 Å². The van der Waals surface area contributed by atoms with Crippen LogP contribution in [0.25, 0.3) is 10.9 Å². The van der Waals surface area contributed by atoms with Crippen LogP contribution in [-0.2, 0) is 4.79 Å². The number of hydrazone groups is 1. The van der Waals surface area contributed by atoms with E-state index in [9.17, 15) is 14.7 Å². The molecule has 2 aromatic carbocycles. The number of aromatic hydroxyl groups is 1. The zero-order valence-corrected chi connectivity index (χ0v) is 14.1. The molecule has 0 aliphatic rings. The fraction of sp³-hybridized carbons (Fsp3) is 0.105. The highest BCUT2D eigenvalue weighted by Gasteiger charge is 2.11. The summed E-state index contributed by atoms with van der Waals surface area (Å²) in [6.45, 7) is 1.67. The molecule has 0 radical (unpaired) electrons. The van der Waals surface area contributed by atoms with Gasteiger partial charge in [0.15, 0.2) is 0 Å². The number of fused-ring (bicyclic) bond motifs is 1. The van der Waals surface area contributed by atoms with E-state index in [1.54, 1.807) is 18.3 Å². The van der Waals surface area contributed by atoms with Gasteiger partial charge in [-0.3, -0.25) is 9.59 Å². The van der Waals surface area contributed by atoms with Crippen LogP contribution in [0.5, 0.6) is 5.75 Å². The van der Waals surface area contributed by atoms with Crippen LogP contribution in [0.4, 0.5) is 0 Å². The minimum Gasteiger partial charge on any atom is -0.507 e. The topological polar surface area (TPSA) is 107 Å². The van der Waals surface area contributed by atoms with Gasteiger partial charge in [0.25, 0.3) is 11.8 Å². The number of phenolic OH excluding ortho intramolecular Hbond substituents is 1. The van der Waals surface area contributed by atoms with Gasteiger partial charge in [-0.05, 0) is 25.1 Å². The molecule has 0 atom stereocenters. The highest BCUT2D eigenvalue weighted by molar-refractivity contribution is 6.01. The summed E-state index contributed by atoms with van der Waals surface area (Å²) < 4.78 is 0. The Hall–Kier alpha value is -3.61. The molecule has 3 aromatic rings. The second kappa shape index (κ2) is 7.52. The van der Waals surface area contributed by atoms with Gasteiger partial charge < -0.3 is 15.4 Å². The van der Waals surface area contributed by atoms with Crippen LogP contribution < -0.4 is 10.7 Å². The number of aromatic nitrogens is 1. The monoisotopic (exact) mass is 350 g/mol. The number of benzene rings is 2. The van der Waals surface area contributed by atoms with Gasteiger partial charge in [-0.1, -0.05) is 30.3 Å². The summed E-state index contributed by atoms with van der Waals surface area (Å²) in [5.74, 6) is -1.14. The number of carbonyl (C=O) groups is 2. The van der Waals surface area contributed by atoms with Gasteiger partial charge in [0, 0.05) is 22.2 Å². The van der Waals surface area contributed by atoms with Crippen molar-refractivity contribution >= 4 is 28.9 Å². The van der Waals surface area contributed by atoms with Crippen molar-refractivity contribution in [2.45, 2.75) is 6.92 Å². The van der Waals surface area contributed by atoms with Crippen molar-refractivity contribution in [1.29, 1.82) is 0 Å². The predicted octanol–water partition coefficient (Wildman–Crippen LogP) is 2.06. The Morgan fingerprint density at radius 3 is 2.69 bits per heavy atom. The lowest BCUT2D eigenvalue weighted by Crippen LogP contribution is -2.34. The summed E-state index contributed by atoms with van der Waals surface area (Å²) in [6, 6.07) is 13.9. The van der Waals surface area contributed by atoms with Gasteiger partial charge in [0.1, 0.15) is 5.75 Å². The van der Waals surface area contributed by atoms with Crippen LogP contribution >= 0.6 is 0 Å². The Kier molecular flexibility index (Phi) is 4.98. The molecule has 7 nitrogen and oxygen atoms in total. The van der Waals surface area contributed by atoms with E-state index in [1.165, 1.54) is 12.1 Å². The number of nitrogens with one attached hydrogen (secondary N) is 3. The van der Waals surface area contributed by atoms with Gasteiger partial charge in [0.05, 0.1) is 18.3 Å². The largest absolute Gasteiger partial charge is 0.507 e. The van der Waals surface area contributed by atoms with E-state index in [2.05, 4.69) is 20.8 Å². The molecule has 0 aliphatic carbocycles. The molecule has 0 fully saturated rings. The summed E-state index contributed by atoms with van der Waals surface area (Å²) in [5, 5.41) is 17.0. The van der Waals surface area contributed by atoms with E-state index in [-0.39, 0.29) is 17.9 Å². The minimum atomic E-state index is -0.533. The fourth-order valence-corrected chi connectivity index (χ4v) is 2.59. The van der Waals surface area contributed by atoms with Crippen molar-refractivity contribution in [2.75, 3.05) is 6.54 Å². The van der Waals surface area contributed by atoms with Crippen molar-refractivity contribution in [3.8, 4) is 5.75 Å². The number of H-pyrrole nitrogens is 1. The number of para-hydroxylation sites is 2. The molecule has 1 aromatic heterocycles. The van der Waals surface area contributed by atoms with Crippen LogP contribution in [0.2, 0.25) is 0 Å². The third-order valence-electron chi connectivity index (χ3n) is 3.88. The third kappa shape index (κ3) is 3.72. The van der Waals surface area contributed by atoms with E-state index in [1.807, 2.05) is 31.2 Å². The lowest BCUT2D eigenvalue weighted by Gasteiger charge is -2.05. The second-order valence-electron chi connectivity index (χ2n) is 5.70. The smallest absolute Gasteiger partial charge is 0.259 e. The summed E-state index contributed by atoms with van der Waals surface area (Å²) in [4.78, 5) is 27.0. The Labute approximate surface area is 149 Å². The molecule has 26 heavy (non-hydrogen) atoms. The predicted molar refractivity (Wildman–Crippen MR) is 99.2 cm³/mol. The fourth-order valence-electron chi connectivity index (χ4n) is 2.59. The molecule has 0 saturated carbocycles. The number of carbonyl (C=O) groups excluding carboxylic acids is 2. The Morgan fingerprint density at radius 1 is 1.15 bits per heavy atom. The number of rotatable bonds is 5. The maximum Gasteiger partial charge on any atom is 0.259 e. The first-order chi connectivity index (χ1) is 12.6. The maximum absolute atomic E-state index is 11.9. The van der Waals surface area contributed by atoms with Crippen molar-refractivity contribution in [3.05, 3.63) is 65.4 Å². The standard InChI is InChI=1S/C19H18N4O3/c1-12-15(13-6-2-4-8-16(13)22-12)10-21-23-18(25)11-20-19(26)14-7-3-5-9-17(14)24/h2-10,22,24H,11H2,1H3,(H,20,26)(H,23,25)/b21-10-. The number of phenols is 1. The third-order valence-corrected chi connectivity index (χ3v) is 3.88. The highest BCUT2D eigenvalue weighted by Crippen LogP contribution is 2.19. The van der Waals surface area contributed by atoms with Crippen molar-refractivity contribution in [2.24, 2.45) is 5.10 Å². The van der Waals surface area contributed by atoms with E-state index in [0.29, 0.717) is 0 Å². The molecule has 4 N–H and O–H groups in total. The number of aryl methyl sites for hydroxylation is 1. The van der Waals surface area contributed by atoms with Crippen LogP contribution in [0, 0.1) is 6.92 Å². The first kappa shape index (κ1) is 17.2. The maximum atomic E-state index is 11.9. The molecule has 2 amide bonds. The summed E-state index contributed by atoms with van der Waals surface area (Å²) >= 11 is 0. The molecule has 0 bridgehead atoms. The summed E-state index contributed by atoms with van der Waals surface area (Å²) in [6.07, 6.45) is 1.57. The van der Waals surface area contributed by atoms with Crippen molar-refractivity contribution < 1.29 is 14.7 Å². The van der Waals surface area contributed by atoms with Gasteiger partial charge in [-0.2, -0.15) is 5.10 Å². The Balaban J connectivity index is 1.57. The molecule has 0 unspecified atom stereocenters. The number of hydrogen-bond donors (Lipinski definition) is 4. The average Bonchev–Trinajstić information content (AvgIpc) is 2.95. The number of aromatic amines is 1. The van der Waals surface area contributed by atoms with E-state index < -0.39 is 11.8 Å². The van der Waals surface area contributed by atoms with Gasteiger partial charge >= 0.3 is 0 Å². The Bertz CT molecular complexity index is 991. The average molecular weight is 350 g/mol. The molecular weight excluding hydrogens is 332 g/mol. The number of hydrogen-bond acceptors (Lipinski definition) is 4. The number of amides is 2.